The number of sulfonamides is 1. The highest BCUT2D eigenvalue weighted by atomic mass is 32.2. The summed E-state index contributed by atoms with van der Waals surface area (Å²) >= 11 is 1.10. The fraction of sp³-hybridized carbons (Fsp3) is 0.150. The first kappa shape index (κ1) is 21.1. The molecule has 4 rings (SSSR count). The highest BCUT2D eigenvalue weighted by Crippen LogP contribution is 2.43. The van der Waals surface area contributed by atoms with Crippen LogP contribution in [0, 0.1) is 0 Å². The number of nitrogens with two attached hydrogens (primary N) is 1. The fourth-order valence-corrected chi connectivity index (χ4v) is 4.91. The van der Waals surface area contributed by atoms with E-state index in [1.165, 1.54) is 36.3 Å². The molecule has 0 radical (unpaired) electrons. The zero-order chi connectivity index (χ0) is 22.3. The van der Waals surface area contributed by atoms with Crippen LogP contribution in [-0.2, 0) is 19.6 Å². The van der Waals surface area contributed by atoms with Crippen LogP contribution in [0.1, 0.15) is 12.5 Å². The van der Waals surface area contributed by atoms with Gasteiger partial charge in [0, 0.05) is 17.8 Å². The molecule has 0 saturated carbocycles. The van der Waals surface area contributed by atoms with Crippen LogP contribution in [0.25, 0.3) is 5.57 Å². The molecule has 11 heteroatoms. The third-order valence-electron chi connectivity index (χ3n) is 4.77. The maximum absolute atomic E-state index is 13.1. The number of carbonyl (C=O) groups is 2. The van der Waals surface area contributed by atoms with Crippen molar-refractivity contribution in [2.75, 3.05) is 19.0 Å². The molecule has 0 aromatic heterocycles. The molecule has 3 N–H and O–H groups in total. The first-order chi connectivity index (χ1) is 14.7. The second-order valence-corrected chi connectivity index (χ2v) is 9.19. The zero-order valence-corrected chi connectivity index (χ0v) is 18.2. The SMILES string of the molecule is CCN1C(=O)/C(=C2/C(=O)Nc3ccc(OC)cc32)S/C1=N\c1ccc(S(N)(=O)=O)cc1. The highest BCUT2D eigenvalue weighted by Gasteiger charge is 2.39. The average Bonchev–Trinajstić information content (AvgIpc) is 3.21. The Labute approximate surface area is 183 Å². The van der Waals surface area contributed by atoms with Gasteiger partial charge in [-0.25, -0.2) is 18.5 Å². The van der Waals surface area contributed by atoms with Gasteiger partial charge >= 0.3 is 0 Å². The number of carbonyl (C=O) groups excluding carboxylic acids is 2. The molecule has 31 heavy (non-hydrogen) atoms. The van der Waals surface area contributed by atoms with Gasteiger partial charge in [-0.15, -0.1) is 0 Å². The van der Waals surface area contributed by atoms with E-state index in [-0.39, 0.29) is 27.2 Å². The number of anilines is 1. The Balaban J connectivity index is 1.76. The van der Waals surface area contributed by atoms with Gasteiger partial charge in [0.2, 0.25) is 10.0 Å². The van der Waals surface area contributed by atoms with Crippen molar-refractivity contribution in [2.45, 2.75) is 11.8 Å². The predicted molar refractivity (Wildman–Crippen MR) is 118 cm³/mol. The molecule has 2 heterocycles. The number of amides is 2. The molecule has 1 fully saturated rings. The van der Waals surface area contributed by atoms with E-state index in [1.54, 1.807) is 25.1 Å². The van der Waals surface area contributed by atoms with Crippen LogP contribution < -0.4 is 15.2 Å². The summed E-state index contributed by atoms with van der Waals surface area (Å²) in [4.78, 5) is 31.9. The quantitative estimate of drug-likeness (QED) is 0.676. The summed E-state index contributed by atoms with van der Waals surface area (Å²) in [5, 5.41) is 8.28. The van der Waals surface area contributed by atoms with E-state index in [9.17, 15) is 18.0 Å². The lowest BCUT2D eigenvalue weighted by Gasteiger charge is -2.12. The number of methoxy groups -OCH3 is 1. The van der Waals surface area contributed by atoms with E-state index in [4.69, 9.17) is 9.88 Å². The normalized spacial score (nSPS) is 19.7. The topological polar surface area (TPSA) is 131 Å². The van der Waals surface area contributed by atoms with Crippen LogP contribution in [0.3, 0.4) is 0 Å². The van der Waals surface area contributed by atoms with Crippen LogP contribution in [0.5, 0.6) is 5.75 Å². The first-order valence-electron chi connectivity index (χ1n) is 9.18. The molecule has 0 unspecified atom stereocenters. The summed E-state index contributed by atoms with van der Waals surface area (Å²) < 4.78 is 28.1. The number of fused-ring (bicyclic) bond motifs is 1. The molecular weight excluding hydrogens is 440 g/mol. The molecule has 0 aliphatic carbocycles. The number of aliphatic imine (C=N–C) groups is 1. The van der Waals surface area contributed by atoms with Crippen molar-refractivity contribution in [3.05, 3.63) is 52.9 Å². The van der Waals surface area contributed by atoms with Gasteiger partial charge in [-0.3, -0.25) is 14.5 Å². The molecular formula is C20H18N4O5S2. The molecule has 9 nitrogen and oxygen atoms in total. The summed E-state index contributed by atoms with van der Waals surface area (Å²) in [6, 6.07) is 10.9. The molecule has 2 amide bonds. The van der Waals surface area contributed by atoms with Crippen LogP contribution >= 0.6 is 11.8 Å². The van der Waals surface area contributed by atoms with Gasteiger partial charge in [0.25, 0.3) is 11.8 Å². The van der Waals surface area contributed by atoms with Gasteiger partial charge in [-0.1, -0.05) is 0 Å². The second-order valence-electron chi connectivity index (χ2n) is 6.65. The van der Waals surface area contributed by atoms with Gasteiger partial charge < -0.3 is 10.1 Å². The van der Waals surface area contributed by atoms with Crippen LogP contribution in [0.15, 0.2) is 57.3 Å². The molecule has 2 aromatic carbocycles. The third kappa shape index (κ3) is 3.82. The Morgan fingerprint density at radius 1 is 1.16 bits per heavy atom. The molecule has 1 saturated heterocycles. The van der Waals surface area contributed by atoms with Gasteiger partial charge in [0.15, 0.2) is 5.17 Å². The van der Waals surface area contributed by atoms with Crippen molar-refractivity contribution in [1.82, 2.24) is 4.90 Å². The maximum Gasteiger partial charge on any atom is 0.267 e. The number of nitrogens with one attached hydrogen (secondary N) is 1. The number of likely N-dealkylation sites (N-methyl/N-ethyl adjacent to an activating group) is 1. The Bertz CT molecular complexity index is 1270. The number of thioether (sulfide) groups is 1. The predicted octanol–water partition coefficient (Wildman–Crippen LogP) is 2.29. The molecule has 0 atom stereocenters. The summed E-state index contributed by atoms with van der Waals surface area (Å²) in [6.07, 6.45) is 0. The standard InChI is InChI=1S/C20H18N4O5S2/c1-3-24-19(26)17(16-14-10-12(29-2)6-9-15(14)23-18(16)25)30-20(24)22-11-4-7-13(8-5-11)31(21,27)28/h4-10H,3H2,1-2H3,(H,23,25)(H2,21,27,28)/b17-16-,22-20-. The van der Waals surface area contributed by atoms with Crippen molar-refractivity contribution in [1.29, 1.82) is 0 Å². The lowest BCUT2D eigenvalue weighted by molar-refractivity contribution is -0.122. The van der Waals surface area contributed by atoms with Gasteiger partial charge in [0.05, 0.1) is 28.2 Å². The monoisotopic (exact) mass is 458 g/mol. The van der Waals surface area contributed by atoms with Crippen molar-refractivity contribution in [2.24, 2.45) is 10.1 Å². The maximum atomic E-state index is 13.1. The first-order valence-corrected chi connectivity index (χ1v) is 11.5. The molecule has 2 aliphatic rings. The Hall–Kier alpha value is -3.15. The minimum atomic E-state index is -3.81. The van der Waals surface area contributed by atoms with Crippen molar-refractivity contribution < 1.29 is 22.7 Å². The fourth-order valence-electron chi connectivity index (χ4n) is 3.24. The number of hydrogen-bond acceptors (Lipinski definition) is 7. The second kappa shape index (κ2) is 7.84. The number of primary sulfonamides is 1. The van der Waals surface area contributed by atoms with E-state index in [1.807, 2.05) is 0 Å². The molecule has 0 bridgehead atoms. The number of rotatable bonds is 4. The largest absolute Gasteiger partial charge is 0.497 e. The van der Waals surface area contributed by atoms with E-state index in [2.05, 4.69) is 10.3 Å². The van der Waals surface area contributed by atoms with Crippen LogP contribution in [-0.4, -0.2) is 44.0 Å². The summed E-state index contributed by atoms with van der Waals surface area (Å²) in [5.74, 6) is -0.123. The molecule has 160 valence electrons. The van der Waals surface area contributed by atoms with E-state index in [0.29, 0.717) is 34.4 Å². The summed E-state index contributed by atoms with van der Waals surface area (Å²) in [6.45, 7) is 2.15. The molecule has 2 aliphatic heterocycles. The third-order valence-corrected chi connectivity index (χ3v) is 6.77. The van der Waals surface area contributed by atoms with E-state index in [0.717, 1.165) is 11.8 Å². The lowest BCUT2D eigenvalue weighted by Crippen LogP contribution is -2.29. The Morgan fingerprint density at radius 2 is 1.87 bits per heavy atom. The number of amidine groups is 1. The Morgan fingerprint density at radius 3 is 2.48 bits per heavy atom. The highest BCUT2D eigenvalue weighted by molar-refractivity contribution is 8.18. The van der Waals surface area contributed by atoms with E-state index >= 15 is 0 Å². The molecule has 0 spiro atoms. The van der Waals surface area contributed by atoms with Gasteiger partial charge in [-0.2, -0.15) is 0 Å². The summed E-state index contributed by atoms with van der Waals surface area (Å²) in [7, 11) is -2.28. The van der Waals surface area contributed by atoms with Gasteiger partial charge in [-0.05, 0) is 61.2 Å². The van der Waals surface area contributed by atoms with Crippen LogP contribution in [0.4, 0.5) is 11.4 Å². The average molecular weight is 459 g/mol. The minimum absolute atomic E-state index is 0.0325. The van der Waals surface area contributed by atoms with E-state index < -0.39 is 10.0 Å². The van der Waals surface area contributed by atoms with Crippen LogP contribution in [0.2, 0.25) is 0 Å². The zero-order valence-electron chi connectivity index (χ0n) is 16.6. The number of ether oxygens (including phenoxy) is 1. The smallest absolute Gasteiger partial charge is 0.267 e. The molecule has 2 aromatic rings. The van der Waals surface area contributed by atoms with Crippen molar-refractivity contribution in [3.63, 3.8) is 0 Å². The number of benzene rings is 2. The number of nitrogens with zero attached hydrogens (tertiary/aromatic N) is 2. The minimum Gasteiger partial charge on any atom is -0.497 e. The lowest BCUT2D eigenvalue weighted by atomic mass is 10.1. The van der Waals surface area contributed by atoms with Crippen molar-refractivity contribution >= 4 is 55.7 Å². The van der Waals surface area contributed by atoms with Crippen molar-refractivity contribution in [3.8, 4) is 5.75 Å². The van der Waals surface area contributed by atoms with Gasteiger partial charge in [0.1, 0.15) is 5.75 Å². The summed E-state index contributed by atoms with van der Waals surface area (Å²) in [5.41, 5.74) is 1.92. The Kier molecular flexibility index (Phi) is 5.33. The number of hydrogen-bond donors (Lipinski definition) is 2.